The average molecular weight is 355 g/mol. The Balaban J connectivity index is 1.65. The molecule has 1 saturated heterocycles. The maximum atomic E-state index is 12.9. The van der Waals surface area contributed by atoms with Crippen molar-refractivity contribution >= 4 is 11.6 Å². The molecule has 1 amide bonds. The Morgan fingerprint density at radius 3 is 2.32 bits per heavy atom. The quantitative estimate of drug-likeness (QED) is 0.907. The number of benzene rings is 1. The van der Waals surface area contributed by atoms with Crippen LogP contribution in [-0.4, -0.2) is 43.5 Å². The number of piperazine rings is 1. The lowest BCUT2D eigenvalue weighted by atomic mass is 9.84. The zero-order valence-corrected chi connectivity index (χ0v) is 14.2. The first-order valence-corrected chi connectivity index (χ1v) is 8.77. The normalized spacial score (nSPS) is 20.8. The van der Waals surface area contributed by atoms with Gasteiger partial charge in [-0.15, -0.1) is 0 Å². The van der Waals surface area contributed by atoms with E-state index >= 15 is 0 Å². The van der Waals surface area contributed by atoms with E-state index in [0.29, 0.717) is 38.4 Å². The predicted octanol–water partition coefficient (Wildman–Crippen LogP) is 2.87. The van der Waals surface area contributed by atoms with Crippen molar-refractivity contribution < 1.29 is 18.0 Å². The topological polar surface area (TPSA) is 49.6 Å². The van der Waals surface area contributed by atoms with Crippen molar-refractivity contribution in [1.29, 1.82) is 0 Å². The molecular weight excluding hydrogens is 331 g/mol. The fraction of sp³-hybridized carbons (Fsp3) is 0.611. The number of halogens is 3. The Morgan fingerprint density at radius 1 is 1.12 bits per heavy atom. The number of rotatable bonds is 3. The number of carbonyl (C=O) groups excluding carboxylic acids is 1. The summed E-state index contributed by atoms with van der Waals surface area (Å²) in [6, 6.07) is 5.37. The fourth-order valence-corrected chi connectivity index (χ4v) is 3.94. The molecule has 0 bridgehead atoms. The highest BCUT2D eigenvalue weighted by molar-refractivity contribution is 5.83. The summed E-state index contributed by atoms with van der Waals surface area (Å²) >= 11 is 0. The standard InChI is InChI=1S/C18H24F3N3O/c19-18(20,21)14-4-3-5-15(12-14)23-8-10-24(11-9-23)16(25)17(13-22)6-1-2-7-17/h3-5,12H,1-2,6-11,13,22H2. The summed E-state index contributed by atoms with van der Waals surface area (Å²) in [6.45, 7) is 2.49. The molecule has 0 atom stereocenters. The molecule has 3 rings (SSSR count). The summed E-state index contributed by atoms with van der Waals surface area (Å²) in [4.78, 5) is 16.6. The molecule has 1 aliphatic heterocycles. The molecule has 0 radical (unpaired) electrons. The fourth-order valence-electron chi connectivity index (χ4n) is 3.94. The van der Waals surface area contributed by atoms with E-state index in [-0.39, 0.29) is 5.91 Å². The Kier molecular flexibility index (Phi) is 4.95. The SMILES string of the molecule is NCC1(C(=O)N2CCN(c3cccc(C(F)(F)F)c3)CC2)CCCC1. The molecule has 1 heterocycles. The van der Waals surface area contributed by atoms with Gasteiger partial charge in [0.05, 0.1) is 11.0 Å². The minimum atomic E-state index is -4.34. The van der Waals surface area contributed by atoms with Crippen LogP contribution >= 0.6 is 0 Å². The van der Waals surface area contributed by atoms with Crippen molar-refractivity contribution in [3.8, 4) is 0 Å². The van der Waals surface area contributed by atoms with Crippen LogP contribution in [0.4, 0.5) is 18.9 Å². The average Bonchev–Trinajstić information content (AvgIpc) is 3.11. The van der Waals surface area contributed by atoms with Gasteiger partial charge in [0.1, 0.15) is 0 Å². The lowest BCUT2D eigenvalue weighted by molar-refractivity contribution is -0.141. The summed E-state index contributed by atoms with van der Waals surface area (Å²) in [5.41, 5.74) is 5.38. The molecule has 0 spiro atoms. The predicted molar refractivity (Wildman–Crippen MR) is 90.2 cm³/mol. The van der Waals surface area contributed by atoms with E-state index in [1.54, 1.807) is 6.07 Å². The van der Waals surface area contributed by atoms with Gasteiger partial charge in [-0.1, -0.05) is 18.9 Å². The van der Waals surface area contributed by atoms with Crippen LogP contribution in [0.3, 0.4) is 0 Å². The molecule has 2 aliphatic rings. The third-order valence-corrected chi connectivity index (χ3v) is 5.51. The first-order valence-electron chi connectivity index (χ1n) is 8.77. The third-order valence-electron chi connectivity index (χ3n) is 5.51. The van der Waals surface area contributed by atoms with Gasteiger partial charge < -0.3 is 15.5 Å². The van der Waals surface area contributed by atoms with Gasteiger partial charge in [0.25, 0.3) is 0 Å². The maximum absolute atomic E-state index is 12.9. The van der Waals surface area contributed by atoms with Gasteiger partial charge in [-0.3, -0.25) is 4.79 Å². The number of nitrogens with zero attached hydrogens (tertiary/aromatic N) is 2. The highest BCUT2D eigenvalue weighted by atomic mass is 19.4. The lowest BCUT2D eigenvalue weighted by Crippen LogP contribution is -2.54. The van der Waals surface area contributed by atoms with E-state index in [0.717, 1.165) is 31.7 Å². The minimum absolute atomic E-state index is 0.121. The molecule has 0 unspecified atom stereocenters. The molecule has 1 aromatic rings. The largest absolute Gasteiger partial charge is 0.416 e. The summed E-state index contributed by atoms with van der Waals surface area (Å²) in [6.07, 6.45) is -0.587. The third kappa shape index (κ3) is 3.61. The summed E-state index contributed by atoms with van der Waals surface area (Å²) in [5, 5.41) is 0. The second-order valence-corrected chi connectivity index (χ2v) is 7.02. The van der Waals surface area contributed by atoms with Crippen LogP contribution in [0.15, 0.2) is 24.3 Å². The number of carbonyl (C=O) groups is 1. The minimum Gasteiger partial charge on any atom is -0.368 e. The molecule has 7 heteroatoms. The highest BCUT2D eigenvalue weighted by Gasteiger charge is 2.43. The first kappa shape index (κ1) is 18.0. The van der Waals surface area contributed by atoms with Crippen LogP contribution in [-0.2, 0) is 11.0 Å². The van der Waals surface area contributed by atoms with E-state index in [4.69, 9.17) is 5.73 Å². The number of hydrogen-bond donors (Lipinski definition) is 1. The van der Waals surface area contributed by atoms with Gasteiger partial charge in [-0.05, 0) is 31.0 Å². The van der Waals surface area contributed by atoms with Crippen molar-refractivity contribution in [1.82, 2.24) is 4.90 Å². The van der Waals surface area contributed by atoms with Crippen molar-refractivity contribution in [2.45, 2.75) is 31.9 Å². The zero-order chi connectivity index (χ0) is 18.1. The Bertz CT molecular complexity index is 618. The van der Waals surface area contributed by atoms with Crippen molar-refractivity contribution in [3.05, 3.63) is 29.8 Å². The van der Waals surface area contributed by atoms with Crippen LogP contribution in [0.1, 0.15) is 31.2 Å². The smallest absolute Gasteiger partial charge is 0.368 e. The van der Waals surface area contributed by atoms with Crippen LogP contribution in [0.5, 0.6) is 0 Å². The Labute approximate surface area is 145 Å². The molecule has 1 saturated carbocycles. The van der Waals surface area contributed by atoms with Crippen LogP contribution < -0.4 is 10.6 Å². The van der Waals surface area contributed by atoms with Crippen molar-refractivity contribution in [2.75, 3.05) is 37.6 Å². The first-order chi connectivity index (χ1) is 11.9. The molecule has 2 N–H and O–H groups in total. The van der Waals surface area contributed by atoms with E-state index in [1.165, 1.54) is 12.1 Å². The Morgan fingerprint density at radius 2 is 1.76 bits per heavy atom. The van der Waals surface area contributed by atoms with Gasteiger partial charge in [0, 0.05) is 38.4 Å². The van der Waals surface area contributed by atoms with Gasteiger partial charge in [-0.2, -0.15) is 13.2 Å². The second-order valence-electron chi connectivity index (χ2n) is 7.02. The van der Waals surface area contributed by atoms with E-state index in [9.17, 15) is 18.0 Å². The molecule has 138 valence electrons. The van der Waals surface area contributed by atoms with Gasteiger partial charge in [-0.25, -0.2) is 0 Å². The summed E-state index contributed by atoms with van der Waals surface area (Å²) < 4.78 is 38.6. The summed E-state index contributed by atoms with van der Waals surface area (Å²) in [5.74, 6) is 0.121. The number of nitrogens with two attached hydrogens (primary N) is 1. The van der Waals surface area contributed by atoms with Crippen LogP contribution in [0.25, 0.3) is 0 Å². The van der Waals surface area contributed by atoms with Crippen LogP contribution in [0, 0.1) is 5.41 Å². The molecular formula is C18H24F3N3O. The van der Waals surface area contributed by atoms with Crippen molar-refractivity contribution in [3.63, 3.8) is 0 Å². The van der Waals surface area contributed by atoms with Gasteiger partial charge in [0.2, 0.25) is 5.91 Å². The monoisotopic (exact) mass is 355 g/mol. The Hall–Kier alpha value is -1.76. The lowest BCUT2D eigenvalue weighted by Gasteiger charge is -2.40. The number of anilines is 1. The van der Waals surface area contributed by atoms with Crippen LogP contribution in [0.2, 0.25) is 0 Å². The number of amides is 1. The maximum Gasteiger partial charge on any atom is 0.416 e. The molecule has 25 heavy (non-hydrogen) atoms. The number of hydrogen-bond acceptors (Lipinski definition) is 3. The highest BCUT2D eigenvalue weighted by Crippen LogP contribution is 2.39. The molecule has 0 aromatic heterocycles. The molecule has 2 fully saturated rings. The van der Waals surface area contributed by atoms with E-state index < -0.39 is 17.2 Å². The van der Waals surface area contributed by atoms with Gasteiger partial charge in [0.15, 0.2) is 0 Å². The molecule has 1 aliphatic carbocycles. The zero-order valence-electron chi connectivity index (χ0n) is 14.2. The molecule has 1 aromatic carbocycles. The number of alkyl halides is 3. The van der Waals surface area contributed by atoms with E-state index in [1.807, 2.05) is 9.80 Å². The second kappa shape index (κ2) is 6.86. The molecule has 4 nitrogen and oxygen atoms in total. The van der Waals surface area contributed by atoms with E-state index in [2.05, 4.69) is 0 Å². The van der Waals surface area contributed by atoms with Gasteiger partial charge >= 0.3 is 6.18 Å². The van der Waals surface area contributed by atoms with Crippen molar-refractivity contribution in [2.24, 2.45) is 11.1 Å². The summed E-state index contributed by atoms with van der Waals surface area (Å²) in [7, 11) is 0.